The van der Waals surface area contributed by atoms with Gasteiger partial charge in [0.2, 0.25) is 23.7 Å². The topological polar surface area (TPSA) is 243 Å². The summed E-state index contributed by atoms with van der Waals surface area (Å²) < 4.78 is 39.2. The molecule has 2 aromatic carbocycles. The van der Waals surface area contributed by atoms with Crippen LogP contribution in [0.3, 0.4) is 0 Å². The van der Waals surface area contributed by atoms with Crippen molar-refractivity contribution in [1.82, 2.24) is 38.7 Å². The first-order valence-corrected chi connectivity index (χ1v) is 19.2. The van der Waals surface area contributed by atoms with E-state index < -0.39 is 35.5 Å². The number of fused-ring (bicyclic) bond motifs is 1. The van der Waals surface area contributed by atoms with Crippen molar-refractivity contribution in [3.05, 3.63) is 70.1 Å². The van der Waals surface area contributed by atoms with E-state index in [4.69, 9.17) is 30.7 Å². The van der Waals surface area contributed by atoms with Gasteiger partial charge in [-0.1, -0.05) is 0 Å². The Labute approximate surface area is 336 Å². The fourth-order valence-corrected chi connectivity index (χ4v) is 7.33. The van der Waals surface area contributed by atoms with Crippen molar-refractivity contribution in [2.45, 2.75) is 72.6 Å². The van der Waals surface area contributed by atoms with E-state index in [0.717, 1.165) is 0 Å². The van der Waals surface area contributed by atoms with Crippen molar-refractivity contribution in [1.29, 1.82) is 0 Å². The van der Waals surface area contributed by atoms with Gasteiger partial charge in [0.15, 0.2) is 11.5 Å². The van der Waals surface area contributed by atoms with E-state index in [2.05, 4.69) is 25.8 Å². The van der Waals surface area contributed by atoms with Crippen LogP contribution >= 0.6 is 0 Å². The van der Waals surface area contributed by atoms with Crippen LogP contribution in [0.1, 0.15) is 92.2 Å². The third-order valence-electron chi connectivity index (χ3n) is 10.0. The molecular weight excluding hydrogens is 768 g/mol. The van der Waals surface area contributed by atoms with Crippen molar-refractivity contribution < 1.29 is 37.8 Å². The lowest BCUT2D eigenvalue weighted by atomic mass is 10.1. The van der Waals surface area contributed by atoms with Crippen LogP contribution < -0.4 is 31.6 Å². The predicted molar refractivity (Wildman–Crippen MR) is 213 cm³/mol. The highest BCUT2D eigenvalue weighted by Crippen LogP contribution is 2.39. The van der Waals surface area contributed by atoms with Gasteiger partial charge in [0.25, 0.3) is 11.8 Å². The lowest BCUT2D eigenvalue weighted by Gasteiger charge is -2.27. The van der Waals surface area contributed by atoms with Crippen molar-refractivity contribution in [2.24, 2.45) is 11.5 Å². The maximum Gasteiger partial charge on any atom is 0.279 e. The number of carbonyl (C=O) groups excluding carboxylic acids is 4. The Hall–Kier alpha value is -6.83. The molecule has 0 radical (unpaired) electrons. The average molecular weight is 813 g/mol. The van der Waals surface area contributed by atoms with Crippen LogP contribution in [0.2, 0.25) is 0 Å². The Kier molecular flexibility index (Phi) is 11.3. The Morgan fingerprint density at radius 2 is 1.54 bits per heavy atom. The van der Waals surface area contributed by atoms with Gasteiger partial charge < -0.3 is 34.8 Å². The molecule has 59 heavy (non-hydrogen) atoms. The summed E-state index contributed by atoms with van der Waals surface area (Å²) in [7, 11) is 1.59. The third-order valence-corrected chi connectivity index (χ3v) is 10.0. The normalized spacial score (nSPS) is 13.5. The number of aromatic nitrogens is 8. The van der Waals surface area contributed by atoms with Crippen LogP contribution in [0, 0.1) is 19.7 Å². The second-order valence-electron chi connectivity index (χ2n) is 14.1. The molecule has 1 atom stereocenters. The Morgan fingerprint density at radius 3 is 2.24 bits per heavy atom. The number of nitrogens with one attached hydrogen (secondary N) is 2. The molecule has 0 fully saturated rings. The number of anilines is 2. The van der Waals surface area contributed by atoms with Crippen LogP contribution in [0.4, 0.5) is 16.3 Å². The molecule has 0 aliphatic carbocycles. The fourth-order valence-electron chi connectivity index (χ4n) is 7.33. The summed E-state index contributed by atoms with van der Waals surface area (Å²) in [5.41, 5.74) is 14.2. The summed E-state index contributed by atoms with van der Waals surface area (Å²) in [5.74, 6) is -2.32. The number of imidazole rings is 2. The number of nitrogens with zero attached hydrogens (tertiary/aromatic N) is 8. The SMILES string of the molecule is CCn1nc(C)cc1C(=O)Nc1nc2cc(C(N)=O)cc(OCCCOC)c2n1CCC[C@H]1COc2cc(C(N)=O)cc3nc(NC(=O)c4c(F)c(C)nn4CC)n1c23. The molecular formula is C39H45FN12O7. The van der Waals surface area contributed by atoms with Crippen LogP contribution in [-0.4, -0.2) is 89.2 Å². The fraction of sp³-hybridized carbons (Fsp3) is 0.385. The molecule has 0 saturated carbocycles. The van der Waals surface area contributed by atoms with Gasteiger partial charge in [-0.15, -0.1) is 0 Å². The van der Waals surface area contributed by atoms with Gasteiger partial charge in [-0.05, 0) is 70.9 Å². The maximum atomic E-state index is 15.2. The Balaban J connectivity index is 1.25. The zero-order valence-corrected chi connectivity index (χ0v) is 33.3. The minimum atomic E-state index is -0.753. The summed E-state index contributed by atoms with van der Waals surface area (Å²) >= 11 is 0. The van der Waals surface area contributed by atoms with Crippen LogP contribution in [0.25, 0.3) is 22.1 Å². The van der Waals surface area contributed by atoms with Crippen molar-refractivity contribution in [2.75, 3.05) is 37.6 Å². The molecule has 0 spiro atoms. The number of carbonyl (C=O) groups is 4. The molecule has 310 valence electrons. The van der Waals surface area contributed by atoms with Crippen LogP contribution in [-0.2, 0) is 24.4 Å². The predicted octanol–water partition coefficient (Wildman–Crippen LogP) is 4.11. The molecule has 0 unspecified atom stereocenters. The number of amides is 4. The smallest absolute Gasteiger partial charge is 0.279 e. The van der Waals surface area contributed by atoms with Gasteiger partial charge in [-0.25, -0.2) is 14.4 Å². The minimum Gasteiger partial charge on any atom is -0.491 e. The molecule has 20 heteroatoms. The number of nitrogens with two attached hydrogens (primary N) is 2. The number of benzene rings is 2. The van der Waals surface area contributed by atoms with E-state index in [-0.39, 0.29) is 60.7 Å². The standard InChI is InChI=1S/C39H45FN12O7/c1-6-50-27(14-20(3)47-50)36(55)45-38-43-25-15-22(34(41)53)17-28(58-13-9-12-57-5)31(25)49(38)11-8-10-24-19-59-29-18-23(35(42)54)16-26-32(29)52(24)39(44-26)46-37(56)33-30(40)21(4)48-51(33)7-2/h14-18,24H,6-13,19H2,1-5H3,(H2,41,53)(H2,42,54)(H,43,45,55)(H,44,46,56)/t24-/m0/s1. The molecule has 1 aliphatic rings. The second kappa shape index (κ2) is 16.6. The van der Waals surface area contributed by atoms with Crippen molar-refractivity contribution in [3.8, 4) is 11.5 Å². The molecule has 4 amide bonds. The summed E-state index contributed by atoms with van der Waals surface area (Å²) in [5, 5.41) is 14.3. The first-order chi connectivity index (χ1) is 28.3. The lowest BCUT2D eigenvalue weighted by molar-refractivity contribution is 0.0991. The van der Waals surface area contributed by atoms with Crippen molar-refractivity contribution in [3.63, 3.8) is 0 Å². The lowest BCUT2D eigenvalue weighted by Crippen LogP contribution is -2.27. The monoisotopic (exact) mass is 812 g/mol. The van der Waals surface area contributed by atoms with E-state index in [1.165, 1.54) is 23.7 Å². The molecule has 4 aromatic heterocycles. The molecule has 1 aliphatic heterocycles. The van der Waals surface area contributed by atoms with Crippen molar-refractivity contribution >= 4 is 57.6 Å². The molecule has 6 aromatic rings. The average Bonchev–Trinajstić information content (AvgIpc) is 3.95. The first kappa shape index (κ1) is 40.4. The molecule has 0 bridgehead atoms. The third kappa shape index (κ3) is 7.77. The van der Waals surface area contributed by atoms with Gasteiger partial charge in [-0.3, -0.25) is 39.2 Å². The number of hydrogen-bond acceptors (Lipinski definition) is 11. The quantitative estimate of drug-likeness (QED) is 0.0956. The molecule has 5 heterocycles. The zero-order valence-electron chi connectivity index (χ0n) is 33.3. The highest BCUT2D eigenvalue weighted by atomic mass is 19.1. The molecule has 0 saturated heterocycles. The number of methoxy groups -OCH3 is 1. The highest BCUT2D eigenvalue weighted by molar-refractivity contribution is 6.05. The number of primary amides is 2. The van der Waals surface area contributed by atoms with E-state index in [1.54, 1.807) is 48.4 Å². The van der Waals surface area contributed by atoms with E-state index in [0.29, 0.717) is 77.4 Å². The molecule has 7 rings (SSSR count). The first-order valence-electron chi connectivity index (χ1n) is 19.2. The summed E-state index contributed by atoms with van der Waals surface area (Å²) in [4.78, 5) is 61.4. The molecule has 6 N–H and O–H groups in total. The number of halogens is 1. The zero-order chi connectivity index (χ0) is 42.1. The molecule has 19 nitrogen and oxygen atoms in total. The van der Waals surface area contributed by atoms with E-state index >= 15 is 4.39 Å². The maximum absolute atomic E-state index is 15.2. The summed E-state index contributed by atoms with van der Waals surface area (Å²) in [6, 6.07) is 7.38. The van der Waals surface area contributed by atoms with Crippen LogP contribution in [0.15, 0.2) is 30.3 Å². The number of ether oxygens (including phenoxy) is 3. The van der Waals surface area contributed by atoms with Crippen LogP contribution in [0.5, 0.6) is 11.5 Å². The van der Waals surface area contributed by atoms with E-state index in [1.807, 2.05) is 11.5 Å². The van der Waals surface area contributed by atoms with Gasteiger partial charge in [-0.2, -0.15) is 10.2 Å². The minimum absolute atomic E-state index is 0.0781. The number of hydrogen-bond donors (Lipinski definition) is 4. The highest BCUT2D eigenvalue weighted by Gasteiger charge is 2.31. The van der Waals surface area contributed by atoms with Gasteiger partial charge >= 0.3 is 0 Å². The summed E-state index contributed by atoms with van der Waals surface area (Å²) in [6.07, 6.45) is 1.45. The largest absolute Gasteiger partial charge is 0.491 e. The summed E-state index contributed by atoms with van der Waals surface area (Å²) in [6.45, 7) is 8.73. The number of rotatable bonds is 17. The van der Waals surface area contributed by atoms with Gasteiger partial charge in [0, 0.05) is 50.9 Å². The van der Waals surface area contributed by atoms with Gasteiger partial charge in [0.1, 0.15) is 34.8 Å². The second-order valence-corrected chi connectivity index (χ2v) is 14.1. The number of aryl methyl sites for hydroxylation is 5. The Morgan fingerprint density at radius 1 is 0.864 bits per heavy atom. The van der Waals surface area contributed by atoms with Gasteiger partial charge in [0.05, 0.1) is 35.1 Å². The Bertz CT molecular complexity index is 2620. The van der Waals surface area contributed by atoms with E-state index in [9.17, 15) is 19.2 Å².